The molecule has 0 fully saturated rings. The van der Waals surface area contributed by atoms with Gasteiger partial charge in [0.15, 0.2) is 11.5 Å². The van der Waals surface area contributed by atoms with Crippen LogP contribution in [-0.4, -0.2) is 50.1 Å². The van der Waals surface area contributed by atoms with Crippen molar-refractivity contribution in [2.75, 3.05) is 33.1 Å². The number of aromatic nitrogens is 1. The first kappa shape index (κ1) is 21.8. The van der Waals surface area contributed by atoms with Gasteiger partial charge in [-0.1, -0.05) is 18.7 Å². The lowest BCUT2D eigenvalue weighted by molar-refractivity contribution is 0.0697. The van der Waals surface area contributed by atoms with Crippen LogP contribution in [0.4, 0.5) is 5.82 Å². The van der Waals surface area contributed by atoms with Crippen LogP contribution >= 0.6 is 0 Å². The molecule has 7 nitrogen and oxygen atoms in total. The number of aliphatic imine (C=N–C) groups is 1. The van der Waals surface area contributed by atoms with Crippen molar-refractivity contribution in [2.45, 2.75) is 6.42 Å². The summed E-state index contributed by atoms with van der Waals surface area (Å²) in [5.41, 5.74) is 1.83. The van der Waals surface area contributed by atoms with Crippen molar-refractivity contribution in [2.24, 2.45) is 4.99 Å². The predicted molar refractivity (Wildman–Crippen MR) is 124 cm³/mol. The highest BCUT2D eigenvalue weighted by Crippen LogP contribution is 2.27. The van der Waals surface area contributed by atoms with E-state index in [0.29, 0.717) is 29.4 Å². The highest BCUT2D eigenvalue weighted by Gasteiger charge is 2.09. The SMILES string of the molecule is C=c1/c(=C\C=NC)c(NCCc2ccc(OC)c(OC)c2)nc2cc(C(=O)O)ccc12. The number of pyridine rings is 1. The molecule has 0 amide bonds. The van der Waals surface area contributed by atoms with Gasteiger partial charge in [0.1, 0.15) is 5.82 Å². The van der Waals surface area contributed by atoms with Crippen molar-refractivity contribution in [1.82, 2.24) is 4.98 Å². The Balaban J connectivity index is 1.94. The fourth-order valence-corrected chi connectivity index (χ4v) is 3.31. The average Bonchev–Trinajstić information content (AvgIpc) is 2.78. The number of carbonyl (C=O) groups is 1. The van der Waals surface area contributed by atoms with Gasteiger partial charge >= 0.3 is 5.97 Å². The molecule has 1 aromatic heterocycles. The van der Waals surface area contributed by atoms with Gasteiger partial charge in [-0.3, -0.25) is 4.99 Å². The molecule has 0 aliphatic rings. The van der Waals surface area contributed by atoms with Gasteiger partial charge in [-0.05, 0) is 47.5 Å². The average molecular weight is 419 g/mol. The third kappa shape index (κ3) is 4.83. The van der Waals surface area contributed by atoms with Gasteiger partial charge in [0.2, 0.25) is 0 Å². The molecule has 0 aliphatic heterocycles. The second-order valence-electron chi connectivity index (χ2n) is 6.83. The minimum absolute atomic E-state index is 0.183. The molecular weight excluding hydrogens is 394 g/mol. The molecule has 31 heavy (non-hydrogen) atoms. The van der Waals surface area contributed by atoms with E-state index in [1.54, 1.807) is 45.7 Å². The predicted octanol–water partition coefficient (Wildman–Crippen LogP) is 2.50. The number of rotatable bonds is 8. The zero-order chi connectivity index (χ0) is 22.4. The Morgan fingerprint density at radius 1 is 1.19 bits per heavy atom. The molecule has 3 aromatic rings. The van der Waals surface area contributed by atoms with Crippen LogP contribution in [0.25, 0.3) is 23.6 Å². The van der Waals surface area contributed by atoms with E-state index < -0.39 is 5.97 Å². The van der Waals surface area contributed by atoms with Crippen molar-refractivity contribution < 1.29 is 19.4 Å². The number of carboxylic acid groups (broad SMARTS) is 1. The maximum Gasteiger partial charge on any atom is 0.335 e. The summed E-state index contributed by atoms with van der Waals surface area (Å²) in [6.07, 6.45) is 4.25. The van der Waals surface area contributed by atoms with Gasteiger partial charge in [0, 0.05) is 30.4 Å². The van der Waals surface area contributed by atoms with Crippen molar-refractivity contribution in [1.29, 1.82) is 0 Å². The van der Waals surface area contributed by atoms with Crippen LogP contribution in [0.5, 0.6) is 11.5 Å². The Hall–Kier alpha value is -3.87. The first-order chi connectivity index (χ1) is 15.0. The second-order valence-corrected chi connectivity index (χ2v) is 6.83. The minimum atomic E-state index is -0.994. The second kappa shape index (κ2) is 9.75. The Bertz CT molecular complexity index is 1250. The Labute approximate surface area is 180 Å². The van der Waals surface area contributed by atoms with Crippen LogP contribution in [-0.2, 0) is 6.42 Å². The molecule has 7 heteroatoms. The summed E-state index contributed by atoms with van der Waals surface area (Å²) in [5, 5.41) is 15.0. The van der Waals surface area contributed by atoms with Gasteiger partial charge < -0.3 is 19.9 Å². The third-order valence-corrected chi connectivity index (χ3v) is 4.93. The summed E-state index contributed by atoms with van der Waals surface area (Å²) < 4.78 is 10.6. The number of nitrogens with one attached hydrogen (secondary N) is 1. The number of ether oxygens (including phenoxy) is 2. The number of aromatic carboxylic acids is 1. The molecule has 0 radical (unpaired) electrons. The molecule has 0 saturated carbocycles. The molecular formula is C24H25N3O4. The summed E-state index contributed by atoms with van der Waals surface area (Å²) >= 11 is 0. The number of fused-ring (bicyclic) bond motifs is 1. The molecule has 2 aromatic carbocycles. The Kier molecular flexibility index (Phi) is 6.87. The quantitative estimate of drug-likeness (QED) is 0.545. The van der Waals surface area contributed by atoms with Gasteiger partial charge in [0.25, 0.3) is 0 Å². The van der Waals surface area contributed by atoms with Crippen LogP contribution in [0.15, 0.2) is 41.4 Å². The van der Waals surface area contributed by atoms with E-state index in [2.05, 4.69) is 21.9 Å². The summed E-state index contributed by atoms with van der Waals surface area (Å²) in [6.45, 7) is 4.80. The lowest BCUT2D eigenvalue weighted by Gasteiger charge is -2.12. The first-order valence-electron chi connectivity index (χ1n) is 9.71. The van der Waals surface area contributed by atoms with Crippen molar-refractivity contribution >= 4 is 41.6 Å². The van der Waals surface area contributed by atoms with Gasteiger partial charge in [0.05, 0.1) is 25.3 Å². The number of hydrogen-bond acceptors (Lipinski definition) is 6. The smallest absolute Gasteiger partial charge is 0.335 e. The van der Waals surface area contributed by atoms with E-state index in [4.69, 9.17) is 9.47 Å². The molecule has 0 unspecified atom stereocenters. The first-order valence-corrected chi connectivity index (χ1v) is 9.71. The van der Waals surface area contributed by atoms with Crippen molar-refractivity contribution in [3.8, 4) is 11.5 Å². The molecule has 0 saturated heterocycles. The van der Waals surface area contributed by atoms with Crippen LogP contribution in [0.3, 0.4) is 0 Å². The largest absolute Gasteiger partial charge is 0.493 e. The van der Waals surface area contributed by atoms with E-state index >= 15 is 0 Å². The minimum Gasteiger partial charge on any atom is -0.493 e. The van der Waals surface area contributed by atoms with E-state index in [1.807, 2.05) is 24.3 Å². The summed E-state index contributed by atoms with van der Waals surface area (Å²) in [4.78, 5) is 20.0. The normalized spacial score (nSPS) is 11.8. The van der Waals surface area contributed by atoms with Crippen molar-refractivity contribution in [3.63, 3.8) is 0 Å². The maximum absolute atomic E-state index is 11.3. The highest BCUT2D eigenvalue weighted by atomic mass is 16.5. The van der Waals surface area contributed by atoms with Crippen LogP contribution in [0.2, 0.25) is 0 Å². The summed E-state index contributed by atoms with van der Waals surface area (Å²) in [5.74, 6) is 0.992. The standard InChI is InChI=1S/C24H25N3O4/c1-15-18-7-6-17(24(28)29)14-20(18)27-23(19(15)10-11-25-2)26-12-9-16-5-8-21(30-3)22(13-16)31-4/h5-8,10-11,13-14H,1,9,12H2,2-4H3,(H,26,27)(H,28,29)/b19-10+,25-11?. The zero-order valence-electron chi connectivity index (χ0n) is 17.8. The number of benzene rings is 2. The Morgan fingerprint density at radius 3 is 2.65 bits per heavy atom. The van der Waals surface area contributed by atoms with Crippen LogP contribution in [0, 0.1) is 0 Å². The lowest BCUT2D eigenvalue weighted by Crippen LogP contribution is -2.30. The van der Waals surface area contributed by atoms with Gasteiger partial charge in [-0.15, -0.1) is 0 Å². The number of nitrogens with zero attached hydrogens (tertiary/aromatic N) is 2. The van der Waals surface area contributed by atoms with Crippen LogP contribution in [0.1, 0.15) is 15.9 Å². The lowest BCUT2D eigenvalue weighted by atomic mass is 10.1. The molecule has 3 rings (SSSR count). The number of hydrogen-bond donors (Lipinski definition) is 2. The summed E-state index contributed by atoms with van der Waals surface area (Å²) in [7, 11) is 4.91. The monoisotopic (exact) mass is 419 g/mol. The highest BCUT2D eigenvalue weighted by molar-refractivity contribution is 5.95. The fraction of sp³-hybridized carbons (Fsp3) is 0.208. The van der Waals surface area contributed by atoms with Gasteiger partial charge in [-0.2, -0.15) is 0 Å². The molecule has 160 valence electrons. The van der Waals surface area contributed by atoms with Gasteiger partial charge in [-0.25, -0.2) is 9.78 Å². The van der Waals surface area contributed by atoms with E-state index in [9.17, 15) is 9.90 Å². The van der Waals surface area contributed by atoms with E-state index in [0.717, 1.165) is 27.8 Å². The fourth-order valence-electron chi connectivity index (χ4n) is 3.31. The topological polar surface area (TPSA) is 93.0 Å². The molecule has 0 bridgehead atoms. The van der Waals surface area contributed by atoms with E-state index in [-0.39, 0.29) is 5.56 Å². The molecule has 0 spiro atoms. The van der Waals surface area contributed by atoms with Crippen LogP contribution < -0.4 is 25.2 Å². The Morgan fingerprint density at radius 2 is 1.97 bits per heavy atom. The molecule has 2 N–H and O–H groups in total. The molecule has 1 heterocycles. The molecule has 0 aliphatic carbocycles. The zero-order valence-corrected chi connectivity index (χ0v) is 17.8. The maximum atomic E-state index is 11.3. The third-order valence-electron chi connectivity index (χ3n) is 4.93. The summed E-state index contributed by atoms with van der Waals surface area (Å²) in [6, 6.07) is 10.7. The number of methoxy groups -OCH3 is 2. The van der Waals surface area contributed by atoms with E-state index in [1.165, 1.54) is 0 Å². The van der Waals surface area contributed by atoms with Crippen molar-refractivity contribution in [3.05, 3.63) is 58.0 Å². The molecule has 0 atom stereocenters. The number of carboxylic acids is 1. The number of anilines is 1.